The molecule has 2 aromatic rings. The molecule has 0 aliphatic heterocycles. The van der Waals surface area contributed by atoms with E-state index in [0.717, 1.165) is 12.1 Å². The number of benzene rings is 2. The van der Waals surface area contributed by atoms with Crippen LogP contribution in [0, 0.1) is 10.1 Å². The summed E-state index contributed by atoms with van der Waals surface area (Å²) in [6, 6.07) is 7.89. The van der Waals surface area contributed by atoms with Crippen LogP contribution in [0.25, 0.3) is 0 Å². The Kier molecular flexibility index (Phi) is 6.12. The van der Waals surface area contributed by atoms with E-state index in [9.17, 15) is 36.8 Å². The van der Waals surface area contributed by atoms with Gasteiger partial charge in [0.2, 0.25) is 0 Å². The number of alkyl halides is 3. The summed E-state index contributed by atoms with van der Waals surface area (Å²) in [5, 5.41) is 21.1. The fraction of sp³-hybridized carbons (Fsp3) is 0.294. The second-order valence-corrected chi connectivity index (χ2v) is 7.74. The Balaban J connectivity index is 2.03. The molecule has 0 heterocycles. The summed E-state index contributed by atoms with van der Waals surface area (Å²) in [4.78, 5) is 9.60. The van der Waals surface area contributed by atoms with Gasteiger partial charge in [0.15, 0.2) is 0 Å². The molecular weight excluding hydrogens is 403 g/mol. The van der Waals surface area contributed by atoms with Gasteiger partial charge in [0.05, 0.1) is 27.6 Å². The van der Waals surface area contributed by atoms with Crippen molar-refractivity contribution in [2.24, 2.45) is 0 Å². The molecule has 0 aliphatic rings. The normalized spacial score (nSPS) is 14.5. The Morgan fingerprint density at radius 2 is 1.54 bits per heavy atom. The molecule has 2 aromatic carbocycles. The minimum absolute atomic E-state index is 0.166. The fourth-order valence-electron chi connectivity index (χ4n) is 2.32. The quantitative estimate of drug-likeness (QED) is 0.417. The highest BCUT2D eigenvalue weighted by Gasteiger charge is 2.31. The Morgan fingerprint density at radius 1 is 1.04 bits per heavy atom. The van der Waals surface area contributed by atoms with Crippen molar-refractivity contribution >= 4 is 15.8 Å². The lowest BCUT2D eigenvalue weighted by Crippen LogP contribution is -2.24. The van der Waals surface area contributed by atoms with Gasteiger partial charge < -0.3 is 5.11 Å². The molecule has 0 bridgehead atoms. The van der Waals surface area contributed by atoms with Gasteiger partial charge in [-0.05, 0) is 48.9 Å². The van der Waals surface area contributed by atoms with Crippen LogP contribution in [-0.4, -0.2) is 25.1 Å². The number of halogens is 3. The lowest BCUT2D eigenvalue weighted by atomic mass is 9.93. The van der Waals surface area contributed by atoms with E-state index in [2.05, 4.69) is 0 Å². The molecule has 7 nitrogen and oxygen atoms in total. The molecule has 1 unspecified atom stereocenters. The zero-order valence-electron chi connectivity index (χ0n) is 14.5. The summed E-state index contributed by atoms with van der Waals surface area (Å²) in [7, 11) is -4.31. The Morgan fingerprint density at radius 3 is 2.00 bits per heavy atom. The first kappa shape index (κ1) is 21.8. The molecule has 0 spiro atoms. The van der Waals surface area contributed by atoms with Crippen LogP contribution >= 0.6 is 0 Å². The van der Waals surface area contributed by atoms with E-state index in [1.54, 1.807) is 0 Å². The van der Waals surface area contributed by atoms with Gasteiger partial charge in [-0.15, -0.1) is 0 Å². The second kappa shape index (κ2) is 7.86. The Labute approximate surface area is 158 Å². The van der Waals surface area contributed by atoms with Gasteiger partial charge in [-0.1, -0.05) is 0 Å². The van der Waals surface area contributed by atoms with E-state index >= 15 is 0 Å². The van der Waals surface area contributed by atoms with Crippen molar-refractivity contribution in [1.29, 1.82) is 0 Å². The van der Waals surface area contributed by atoms with Crippen molar-refractivity contribution in [3.63, 3.8) is 0 Å². The van der Waals surface area contributed by atoms with Crippen LogP contribution < -0.4 is 0 Å². The molecule has 0 aromatic heterocycles. The third-order valence-corrected chi connectivity index (χ3v) is 5.32. The van der Waals surface area contributed by atoms with Gasteiger partial charge in [0.25, 0.3) is 15.8 Å². The largest absolute Gasteiger partial charge is 0.416 e. The highest BCUT2D eigenvalue weighted by atomic mass is 32.2. The van der Waals surface area contributed by atoms with E-state index in [-0.39, 0.29) is 12.1 Å². The first-order valence-electron chi connectivity index (χ1n) is 7.87. The van der Waals surface area contributed by atoms with Crippen LogP contribution in [0.3, 0.4) is 0 Å². The summed E-state index contributed by atoms with van der Waals surface area (Å²) in [6.45, 7) is 0.926. The summed E-state index contributed by atoms with van der Waals surface area (Å²) < 4.78 is 66.5. The molecule has 1 N–H and O–H groups in total. The number of aliphatic hydroxyl groups is 1. The number of nitro groups is 1. The van der Waals surface area contributed by atoms with Gasteiger partial charge in [-0.3, -0.25) is 14.3 Å². The molecule has 0 saturated heterocycles. The standard InChI is InChI=1S/C17H16F3NO6S/c1-16(22,12-2-6-14(7-3-12)21(23)24)10-11-27-28(25,26)15-8-4-13(5-9-15)17(18,19)20/h2-9,22H,10-11H2,1H3. The second-order valence-electron chi connectivity index (χ2n) is 6.13. The minimum atomic E-state index is -4.59. The van der Waals surface area contributed by atoms with Crippen molar-refractivity contribution in [3.05, 3.63) is 69.8 Å². The maximum absolute atomic E-state index is 12.5. The molecule has 2 rings (SSSR count). The summed E-state index contributed by atoms with van der Waals surface area (Å²) >= 11 is 0. The summed E-state index contributed by atoms with van der Waals surface area (Å²) in [5.41, 5.74) is -2.38. The van der Waals surface area contributed by atoms with E-state index in [1.165, 1.54) is 31.2 Å². The first-order chi connectivity index (χ1) is 12.8. The molecule has 152 valence electrons. The van der Waals surface area contributed by atoms with Crippen LogP contribution in [0.5, 0.6) is 0 Å². The topological polar surface area (TPSA) is 107 Å². The lowest BCUT2D eigenvalue weighted by Gasteiger charge is -2.23. The number of nitrogens with zero attached hydrogens (tertiary/aromatic N) is 1. The molecule has 0 amide bonds. The van der Waals surface area contributed by atoms with Crippen LogP contribution in [0.4, 0.5) is 18.9 Å². The summed E-state index contributed by atoms with van der Waals surface area (Å²) in [5.74, 6) is 0. The van der Waals surface area contributed by atoms with Gasteiger partial charge in [-0.25, -0.2) is 0 Å². The maximum atomic E-state index is 12.5. The van der Waals surface area contributed by atoms with E-state index < -0.39 is 43.9 Å². The monoisotopic (exact) mass is 419 g/mol. The van der Waals surface area contributed by atoms with Crippen LogP contribution in [0.2, 0.25) is 0 Å². The van der Waals surface area contributed by atoms with Crippen molar-refractivity contribution in [1.82, 2.24) is 0 Å². The molecule has 11 heteroatoms. The Bertz CT molecular complexity index is 938. The molecule has 0 fully saturated rings. The van der Waals surface area contributed by atoms with Crippen molar-refractivity contribution in [3.8, 4) is 0 Å². The average molecular weight is 419 g/mol. The zero-order chi connectivity index (χ0) is 21.2. The van der Waals surface area contributed by atoms with Gasteiger partial charge in [0, 0.05) is 18.6 Å². The predicted molar refractivity (Wildman–Crippen MR) is 91.9 cm³/mol. The van der Waals surface area contributed by atoms with Crippen molar-refractivity contribution in [2.75, 3.05) is 6.61 Å². The van der Waals surface area contributed by atoms with E-state index in [0.29, 0.717) is 17.7 Å². The van der Waals surface area contributed by atoms with Gasteiger partial charge in [0.1, 0.15) is 0 Å². The number of hydrogen-bond acceptors (Lipinski definition) is 6. The molecule has 0 radical (unpaired) electrons. The van der Waals surface area contributed by atoms with Crippen LogP contribution in [0.15, 0.2) is 53.4 Å². The zero-order valence-corrected chi connectivity index (χ0v) is 15.3. The van der Waals surface area contributed by atoms with Crippen molar-refractivity contribution < 1.29 is 35.8 Å². The SMILES string of the molecule is CC(O)(CCOS(=O)(=O)c1ccc(C(F)(F)F)cc1)c1ccc([N+](=O)[O-])cc1. The summed E-state index contributed by atoms with van der Waals surface area (Å²) in [6.07, 6.45) is -4.77. The maximum Gasteiger partial charge on any atom is 0.416 e. The minimum Gasteiger partial charge on any atom is -0.385 e. The van der Waals surface area contributed by atoms with Crippen LogP contribution in [0.1, 0.15) is 24.5 Å². The van der Waals surface area contributed by atoms with Gasteiger partial charge >= 0.3 is 6.18 Å². The van der Waals surface area contributed by atoms with Gasteiger partial charge in [-0.2, -0.15) is 21.6 Å². The highest BCUT2D eigenvalue weighted by Crippen LogP contribution is 2.30. The van der Waals surface area contributed by atoms with E-state index in [1.807, 2.05) is 0 Å². The molecular formula is C17H16F3NO6S. The molecule has 0 aliphatic carbocycles. The molecule has 0 saturated carbocycles. The number of nitro benzene ring substituents is 1. The van der Waals surface area contributed by atoms with Crippen LogP contribution in [-0.2, 0) is 26.1 Å². The number of rotatable bonds is 7. The lowest BCUT2D eigenvalue weighted by molar-refractivity contribution is -0.384. The van der Waals surface area contributed by atoms with E-state index in [4.69, 9.17) is 4.18 Å². The fourth-order valence-corrected chi connectivity index (χ4v) is 3.22. The van der Waals surface area contributed by atoms with Crippen molar-refractivity contribution in [2.45, 2.75) is 30.0 Å². The smallest absolute Gasteiger partial charge is 0.385 e. The third-order valence-electron chi connectivity index (χ3n) is 4.00. The number of non-ortho nitro benzene ring substituents is 1. The molecule has 1 atom stereocenters. The third kappa shape index (κ3) is 5.27. The molecule has 28 heavy (non-hydrogen) atoms. The highest BCUT2D eigenvalue weighted by molar-refractivity contribution is 7.86. The Hall–Kier alpha value is -2.50. The predicted octanol–water partition coefficient (Wildman–Crippen LogP) is 3.62. The average Bonchev–Trinajstić information content (AvgIpc) is 2.61. The number of hydrogen-bond donors (Lipinski definition) is 1. The first-order valence-corrected chi connectivity index (χ1v) is 9.28.